The number of esters is 1. The molecule has 0 aliphatic rings. The second kappa shape index (κ2) is 5.01. The van der Waals surface area contributed by atoms with Gasteiger partial charge in [-0.15, -0.1) is 11.3 Å². The molecule has 6 nitrogen and oxygen atoms in total. The number of nitrogens with zero attached hydrogens (tertiary/aromatic N) is 4. The summed E-state index contributed by atoms with van der Waals surface area (Å²) in [5.41, 5.74) is 1.79. The molecule has 0 aliphatic heterocycles. The summed E-state index contributed by atoms with van der Waals surface area (Å²) in [6.07, 6.45) is 4.47. The number of hydrogen-bond acceptors (Lipinski definition) is 6. The summed E-state index contributed by atoms with van der Waals surface area (Å²) in [4.78, 5) is 24.6. The molecule has 3 aromatic rings. The molecule has 0 spiro atoms. The molecule has 0 aromatic carbocycles. The summed E-state index contributed by atoms with van der Waals surface area (Å²) in [6.45, 7) is 1.80. The number of thiazole rings is 1. The molecular formula is C13H12N4O2S. The predicted octanol–water partition coefficient (Wildman–Crippen LogP) is 2.34. The highest BCUT2D eigenvalue weighted by atomic mass is 32.1. The molecule has 0 bridgehead atoms. The van der Waals surface area contributed by atoms with Crippen LogP contribution in [-0.2, 0) is 11.8 Å². The van der Waals surface area contributed by atoms with E-state index in [-0.39, 0.29) is 6.10 Å². The predicted molar refractivity (Wildman–Crippen MR) is 74.5 cm³/mol. The zero-order valence-corrected chi connectivity index (χ0v) is 11.8. The van der Waals surface area contributed by atoms with Crippen LogP contribution in [0.25, 0.3) is 11.2 Å². The topological polar surface area (TPSA) is 69.9 Å². The Morgan fingerprint density at radius 2 is 2.25 bits per heavy atom. The van der Waals surface area contributed by atoms with Gasteiger partial charge >= 0.3 is 5.97 Å². The van der Waals surface area contributed by atoms with Gasteiger partial charge < -0.3 is 9.30 Å². The van der Waals surface area contributed by atoms with Gasteiger partial charge in [-0.2, -0.15) is 0 Å². The van der Waals surface area contributed by atoms with Crippen LogP contribution in [0.3, 0.4) is 0 Å². The minimum absolute atomic E-state index is 0.373. The van der Waals surface area contributed by atoms with Gasteiger partial charge in [-0.1, -0.05) is 0 Å². The number of aromatic nitrogens is 4. The van der Waals surface area contributed by atoms with Crippen molar-refractivity contribution < 1.29 is 9.53 Å². The van der Waals surface area contributed by atoms with Crippen molar-refractivity contribution in [2.75, 3.05) is 0 Å². The number of imidazole rings is 1. The largest absolute Gasteiger partial charge is 0.452 e. The van der Waals surface area contributed by atoms with E-state index in [4.69, 9.17) is 4.74 Å². The van der Waals surface area contributed by atoms with Gasteiger partial charge in [-0.05, 0) is 13.0 Å². The Morgan fingerprint density at radius 3 is 3.00 bits per heavy atom. The third-order valence-electron chi connectivity index (χ3n) is 2.87. The number of aryl methyl sites for hydroxylation is 1. The number of fused-ring (bicyclic) bond motifs is 1. The van der Waals surface area contributed by atoms with E-state index in [1.165, 1.54) is 17.5 Å². The van der Waals surface area contributed by atoms with Gasteiger partial charge in [0.05, 0.1) is 11.9 Å². The first-order valence-electron chi connectivity index (χ1n) is 6.02. The van der Waals surface area contributed by atoms with E-state index < -0.39 is 5.97 Å². The van der Waals surface area contributed by atoms with E-state index in [0.717, 1.165) is 10.7 Å². The molecule has 3 aromatic heterocycles. The summed E-state index contributed by atoms with van der Waals surface area (Å²) < 4.78 is 7.17. The highest BCUT2D eigenvalue weighted by Crippen LogP contribution is 2.21. The van der Waals surface area contributed by atoms with Crippen molar-refractivity contribution in [1.29, 1.82) is 0 Å². The lowest BCUT2D eigenvalue weighted by Crippen LogP contribution is -2.09. The van der Waals surface area contributed by atoms with Gasteiger partial charge in [0.1, 0.15) is 10.5 Å². The average Bonchev–Trinajstić information content (AvgIpc) is 3.08. The first-order valence-corrected chi connectivity index (χ1v) is 6.90. The molecule has 0 fully saturated rings. The number of rotatable bonds is 3. The highest BCUT2D eigenvalue weighted by molar-refractivity contribution is 7.09. The zero-order chi connectivity index (χ0) is 14.1. The fraction of sp³-hybridized carbons (Fsp3) is 0.231. The quantitative estimate of drug-likeness (QED) is 0.692. The lowest BCUT2D eigenvalue weighted by molar-refractivity contribution is 0.0337. The number of carbonyl (C=O) groups is 1. The number of carbonyl (C=O) groups excluding carboxylic acids is 1. The SMILES string of the molecule is C[C@H](OC(=O)c1cnc2c(c1)ncn2C)c1nccs1. The van der Waals surface area contributed by atoms with Crippen LogP contribution in [-0.4, -0.2) is 25.5 Å². The fourth-order valence-electron chi connectivity index (χ4n) is 1.84. The first kappa shape index (κ1) is 12.7. The van der Waals surface area contributed by atoms with Crippen LogP contribution in [0.4, 0.5) is 0 Å². The second-order valence-electron chi connectivity index (χ2n) is 4.34. The van der Waals surface area contributed by atoms with E-state index in [2.05, 4.69) is 15.0 Å². The maximum Gasteiger partial charge on any atom is 0.340 e. The van der Waals surface area contributed by atoms with E-state index in [1.807, 2.05) is 12.4 Å². The van der Waals surface area contributed by atoms with Crippen LogP contribution in [0, 0.1) is 0 Å². The zero-order valence-electron chi connectivity index (χ0n) is 11.0. The third kappa shape index (κ3) is 2.27. The third-order valence-corrected chi connectivity index (χ3v) is 3.81. The molecule has 102 valence electrons. The van der Waals surface area contributed by atoms with Crippen LogP contribution in [0.5, 0.6) is 0 Å². The Bertz CT molecular complexity index is 751. The van der Waals surface area contributed by atoms with E-state index in [0.29, 0.717) is 11.1 Å². The molecule has 0 aliphatic carbocycles. The lowest BCUT2D eigenvalue weighted by Gasteiger charge is -2.10. The standard InChI is InChI=1S/C13H12N4O2S/c1-8(12-14-3-4-20-12)19-13(18)9-5-10-11(15-6-9)17(2)7-16-10/h3-8H,1-2H3/t8-/m0/s1. The monoisotopic (exact) mass is 288 g/mol. The van der Waals surface area contributed by atoms with Gasteiger partial charge in [0.2, 0.25) is 0 Å². The Morgan fingerprint density at radius 1 is 1.40 bits per heavy atom. The number of pyridine rings is 1. The van der Waals surface area contributed by atoms with E-state index in [1.54, 1.807) is 30.1 Å². The average molecular weight is 288 g/mol. The van der Waals surface area contributed by atoms with Crippen LogP contribution in [0.1, 0.15) is 28.4 Å². The minimum Gasteiger partial charge on any atom is -0.452 e. The molecule has 0 saturated heterocycles. The maximum atomic E-state index is 12.1. The number of hydrogen-bond donors (Lipinski definition) is 0. The highest BCUT2D eigenvalue weighted by Gasteiger charge is 2.16. The first-order chi connectivity index (χ1) is 9.65. The lowest BCUT2D eigenvalue weighted by atomic mass is 10.2. The van der Waals surface area contributed by atoms with Gasteiger partial charge in [-0.25, -0.2) is 19.7 Å². The Labute approximate surface area is 119 Å². The maximum absolute atomic E-state index is 12.1. The van der Waals surface area contributed by atoms with Crippen molar-refractivity contribution >= 4 is 28.5 Å². The minimum atomic E-state index is -0.423. The molecule has 0 saturated carbocycles. The molecule has 0 N–H and O–H groups in total. The molecule has 0 unspecified atom stereocenters. The summed E-state index contributed by atoms with van der Waals surface area (Å²) in [6, 6.07) is 1.68. The van der Waals surface area contributed by atoms with Crippen LogP contribution in [0.2, 0.25) is 0 Å². The van der Waals surface area contributed by atoms with Gasteiger partial charge in [0.25, 0.3) is 0 Å². The Hall–Kier alpha value is -2.28. The normalized spacial score (nSPS) is 12.5. The number of ether oxygens (including phenoxy) is 1. The molecule has 20 heavy (non-hydrogen) atoms. The van der Waals surface area contributed by atoms with Crippen molar-refractivity contribution in [3.8, 4) is 0 Å². The van der Waals surface area contributed by atoms with Gasteiger partial charge in [0.15, 0.2) is 11.8 Å². The van der Waals surface area contributed by atoms with Crippen LogP contribution >= 0.6 is 11.3 Å². The van der Waals surface area contributed by atoms with E-state index in [9.17, 15) is 4.79 Å². The van der Waals surface area contributed by atoms with Crippen LogP contribution < -0.4 is 0 Å². The fourth-order valence-corrected chi connectivity index (χ4v) is 2.46. The molecule has 3 heterocycles. The summed E-state index contributed by atoms with van der Waals surface area (Å²) in [5.74, 6) is -0.423. The van der Waals surface area contributed by atoms with E-state index >= 15 is 0 Å². The van der Waals surface area contributed by atoms with Crippen LogP contribution in [0.15, 0.2) is 30.2 Å². The molecule has 0 radical (unpaired) electrons. The van der Waals surface area contributed by atoms with Gasteiger partial charge in [-0.3, -0.25) is 0 Å². The van der Waals surface area contributed by atoms with Crippen molar-refractivity contribution in [2.45, 2.75) is 13.0 Å². The van der Waals surface area contributed by atoms with Crippen molar-refractivity contribution in [3.63, 3.8) is 0 Å². The Kier molecular flexibility index (Phi) is 3.19. The summed E-state index contributed by atoms with van der Waals surface area (Å²) in [5, 5.41) is 2.62. The van der Waals surface area contributed by atoms with Crippen molar-refractivity contribution in [1.82, 2.24) is 19.5 Å². The van der Waals surface area contributed by atoms with Crippen molar-refractivity contribution in [3.05, 3.63) is 40.7 Å². The molecule has 1 atom stereocenters. The van der Waals surface area contributed by atoms with Crippen molar-refractivity contribution in [2.24, 2.45) is 7.05 Å². The second-order valence-corrected chi connectivity index (χ2v) is 5.27. The molecule has 3 rings (SSSR count). The smallest absolute Gasteiger partial charge is 0.340 e. The summed E-state index contributed by atoms with van der Waals surface area (Å²) >= 11 is 1.45. The molecular weight excluding hydrogens is 276 g/mol. The molecule has 7 heteroatoms. The molecule has 0 amide bonds. The Balaban J connectivity index is 1.81. The van der Waals surface area contributed by atoms with Gasteiger partial charge in [0, 0.05) is 24.8 Å². The summed E-state index contributed by atoms with van der Waals surface area (Å²) in [7, 11) is 1.85.